The first-order valence-corrected chi connectivity index (χ1v) is 8.67. The van der Waals surface area contributed by atoms with Crippen LogP contribution in [0, 0.1) is 11.6 Å². The first-order valence-electron chi connectivity index (χ1n) is 8.67. The van der Waals surface area contributed by atoms with E-state index in [0.717, 1.165) is 5.56 Å². The number of halogens is 3. The number of nitrogens with zero attached hydrogens (tertiary/aromatic N) is 1. The highest BCUT2D eigenvalue weighted by Gasteiger charge is 2.22. The molecule has 0 aromatic heterocycles. The molecule has 0 aliphatic carbocycles. The molecule has 0 saturated heterocycles. The van der Waals surface area contributed by atoms with Gasteiger partial charge in [0, 0.05) is 18.7 Å². The van der Waals surface area contributed by atoms with Crippen molar-refractivity contribution in [2.24, 2.45) is 4.99 Å². The van der Waals surface area contributed by atoms with Crippen molar-refractivity contribution in [3.05, 3.63) is 71.3 Å². The lowest BCUT2D eigenvalue weighted by atomic mass is 9.96. The number of hydrogen-bond acceptors (Lipinski definition) is 2. The van der Waals surface area contributed by atoms with Crippen molar-refractivity contribution in [2.45, 2.75) is 25.9 Å². The van der Waals surface area contributed by atoms with Gasteiger partial charge in [-0.2, -0.15) is 0 Å². The van der Waals surface area contributed by atoms with Crippen LogP contribution in [0.5, 0.6) is 0 Å². The lowest BCUT2D eigenvalue weighted by Gasteiger charge is -2.22. The quantitative estimate of drug-likeness (QED) is 0.317. The number of rotatable bonds is 7. The SMILES string of the molecule is CCNC(=NCC(C)(O)c1ccccc1)NCCc1c(F)cccc1F.I. The minimum Gasteiger partial charge on any atom is -0.384 e. The van der Waals surface area contributed by atoms with Gasteiger partial charge in [-0.25, -0.2) is 13.8 Å². The number of nitrogens with one attached hydrogen (secondary N) is 2. The standard InChI is InChI=1S/C20H25F2N3O.HI/c1-3-23-19(24-13-12-16-17(21)10-7-11-18(16)22)25-14-20(2,26)15-8-5-4-6-9-15;/h4-11,26H,3,12-14H2,1-2H3,(H2,23,24,25);1H. The van der Waals surface area contributed by atoms with Gasteiger partial charge in [0.15, 0.2) is 5.96 Å². The van der Waals surface area contributed by atoms with Gasteiger partial charge in [0.2, 0.25) is 0 Å². The highest BCUT2D eigenvalue weighted by Crippen LogP contribution is 2.20. The summed E-state index contributed by atoms with van der Waals surface area (Å²) in [5.74, 6) is -0.623. The van der Waals surface area contributed by atoms with Crippen LogP contribution in [0.4, 0.5) is 8.78 Å². The molecule has 3 N–H and O–H groups in total. The van der Waals surface area contributed by atoms with Crippen LogP contribution in [0.2, 0.25) is 0 Å². The molecule has 0 aliphatic rings. The molecule has 0 saturated carbocycles. The van der Waals surface area contributed by atoms with Gasteiger partial charge in [0.05, 0.1) is 6.54 Å². The Bertz CT molecular complexity index is 719. The Morgan fingerprint density at radius 1 is 1.04 bits per heavy atom. The topological polar surface area (TPSA) is 56.7 Å². The minimum absolute atomic E-state index is 0. The van der Waals surface area contributed by atoms with E-state index in [1.165, 1.54) is 18.2 Å². The summed E-state index contributed by atoms with van der Waals surface area (Å²) < 4.78 is 27.3. The Labute approximate surface area is 176 Å². The third-order valence-corrected chi connectivity index (χ3v) is 4.01. The summed E-state index contributed by atoms with van der Waals surface area (Å²) in [4.78, 5) is 4.39. The maximum absolute atomic E-state index is 13.7. The fourth-order valence-electron chi connectivity index (χ4n) is 2.54. The van der Waals surface area contributed by atoms with Crippen LogP contribution in [0.15, 0.2) is 53.5 Å². The van der Waals surface area contributed by atoms with Gasteiger partial charge < -0.3 is 15.7 Å². The van der Waals surface area contributed by atoms with Crippen LogP contribution in [-0.4, -0.2) is 30.7 Å². The second-order valence-electron chi connectivity index (χ2n) is 6.21. The maximum atomic E-state index is 13.7. The molecule has 2 aromatic carbocycles. The van der Waals surface area contributed by atoms with Gasteiger partial charge in [-0.05, 0) is 38.0 Å². The summed E-state index contributed by atoms with van der Waals surface area (Å²) in [7, 11) is 0. The van der Waals surface area contributed by atoms with Crippen molar-refractivity contribution in [2.75, 3.05) is 19.6 Å². The molecule has 4 nitrogen and oxygen atoms in total. The summed E-state index contributed by atoms with van der Waals surface area (Å²) in [5, 5.41) is 16.7. The Balaban J connectivity index is 0.00000364. The molecule has 148 valence electrons. The monoisotopic (exact) mass is 489 g/mol. The van der Waals surface area contributed by atoms with E-state index in [2.05, 4.69) is 15.6 Å². The third-order valence-electron chi connectivity index (χ3n) is 4.01. The largest absolute Gasteiger partial charge is 0.384 e. The number of aliphatic imine (C=N–C) groups is 1. The van der Waals surface area contributed by atoms with Crippen molar-refractivity contribution in [1.29, 1.82) is 0 Å². The van der Waals surface area contributed by atoms with Gasteiger partial charge in [-0.15, -0.1) is 24.0 Å². The van der Waals surface area contributed by atoms with Crippen LogP contribution in [-0.2, 0) is 12.0 Å². The van der Waals surface area contributed by atoms with E-state index in [1.807, 2.05) is 37.3 Å². The third kappa shape index (κ3) is 7.06. The van der Waals surface area contributed by atoms with E-state index in [0.29, 0.717) is 19.0 Å². The first-order chi connectivity index (χ1) is 12.4. The Morgan fingerprint density at radius 2 is 1.67 bits per heavy atom. The van der Waals surface area contributed by atoms with E-state index in [4.69, 9.17) is 0 Å². The van der Waals surface area contributed by atoms with E-state index in [1.54, 1.807) is 6.92 Å². The normalized spacial score (nSPS) is 13.4. The smallest absolute Gasteiger partial charge is 0.191 e. The van der Waals surface area contributed by atoms with Crippen molar-refractivity contribution in [3.63, 3.8) is 0 Å². The second-order valence-corrected chi connectivity index (χ2v) is 6.21. The Hall–Kier alpha value is -1.74. The molecule has 0 bridgehead atoms. The molecular weight excluding hydrogens is 463 g/mol. The fraction of sp³-hybridized carbons (Fsp3) is 0.350. The summed E-state index contributed by atoms with van der Waals surface area (Å²) in [6.07, 6.45) is 0.192. The number of guanidine groups is 1. The van der Waals surface area contributed by atoms with Gasteiger partial charge in [0.25, 0.3) is 0 Å². The summed E-state index contributed by atoms with van der Waals surface area (Å²) in [6.45, 7) is 4.72. The average Bonchev–Trinajstić information content (AvgIpc) is 2.63. The molecule has 0 heterocycles. The van der Waals surface area contributed by atoms with Crippen LogP contribution in [0.25, 0.3) is 0 Å². The van der Waals surface area contributed by atoms with Gasteiger partial charge in [-0.1, -0.05) is 36.4 Å². The van der Waals surface area contributed by atoms with E-state index in [-0.39, 0.29) is 42.5 Å². The summed E-state index contributed by atoms with van der Waals surface area (Å²) in [5.41, 5.74) is -0.290. The molecule has 0 amide bonds. The van der Waals surface area contributed by atoms with Crippen molar-refractivity contribution in [1.82, 2.24) is 10.6 Å². The molecular formula is C20H26F2IN3O. The van der Waals surface area contributed by atoms with Gasteiger partial charge in [-0.3, -0.25) is 0 Å². The van der Waals surface area contributed by atoms with Crippen LogP contribution in [0.1, 0.15) is 25.0 Å². The van der Waals surface area contributed by atoms with Crippen LogP contribution < -0.4 is 10.6 Å². The average molecular weight is 489 g/mol. The first kappa shape index (κ1) is 23.3. The zero-order valence-electron chi connectivity index (χ0n) is 15.5. The molecule has 1 atom stereocenters. The lowest BCUT2D eigenvalue weighted by molar-refractivity contribution is 0.0672. The molecule has 2 rings (SSSR count). The molecule has 7 heteroatoms. The van der Waals surface area contributed by atoms with Crippen LogP contribution in [0.3, 0.4) is 0 Å². The zero-order valence-corrected chi connectivity index (χ0v) is 17.8. The van der Waals surface area contributed by atoms with Gasteiger partial charge in [0.1, 0.15) is 17.2 Å². The summed E-state index contributed by atoms with van der Waals surface area (Å²) in [6, 6.07) is 13.1. The molecule has 0 aliphatic heterocycles. The Morgan fingerprint density at radius 3 is 2.26 bits per heavy atom. The minimum atomic E-state index is -1.11. The fourth-order valence-corrected chi connectivity index (χ4v) is 2.54. The number of hydrogen-bond donors (Lipinski definition) is 3. The molecule has 0 radical (unpaired) electrons. The molecule has 1 unspecified atom stereocenters. The summed E-state index contributed by atoms with van der Waals surface area (Å²) >= 11 is 0. The molecule has 27 heavy (non-hydrogen) atoms. The highest BCUT2D eigenvalue weighted by atomic mass is 127. The maximum Gasteiger partial charge on any atom is 0.191 e. The highest BCUT2D eigenvalue weighted by molar-refractivity contribution is 14.0. The van der Waals surface area contributed by atoms with Crippen molar-refractivity contribution >= 4 is 29.9 Å². The number of aliphatic hydroxyl groups is 1. The predicted molar refractivity (Wildman–Crippen MR) is 115 cm³/mol. The van der Waals surface area contributed by atoms with Crippen molar-refractivity contribution in [3.8, 4) is 0 Å². The van der Waals surface area contributed by atoms with E-state index in [9.17, 15) is 13.9 Å². The van der Waals surface area contributed by atoms with Gasteiger partial charge >= 0.3 is 0 Å². The molecule has 2 aromatic rings. The Kier molecular flexibility index (Phi) is 9.65. The predicted octanol–water partition coefficient (Wildman–Crippen LogP) is 3.59. The zero-order chi connectivity index (χ0) is 19.0. The second kappa shape index (κ2) is 11.2. The van der Waals surface area contributed by atoms with E-state index < -0.39 is 17.2 Å². The number of benzene rings is 2. The molecule has 0 spiro atoms. The van der Waals surface area contributed by atoms with Crippen molar-refractivity contribution < 1.29 is 13.9 Å². The molecule has 0 fully saturated rings. The lowest BCUT2D eigenvalue weighted by Crippen LogP contribution is -2.39. The van der Waals surface area contributed by atoms with E-state index >= 15 is 0 Å². The van der Waals surface area contributed by atoms with Crippen LogP contribution >= 0.6 is 24.0 Å².